The van der Waals surface area contributed by atoms with Crippen molar-refractivity contribution < 1.29 is 14.3 Å². The fraction of sp³-hybridized carbons (Fsp3) is 0.350. The van der Waals surface area contributed by atoms with Gasteiger partial charge in [0.15, 0.2) is 0 Å². The molecule has 3 rings (SSSR count). The van der Waals surface area contributed by atoms with Crippen LogP contribution in [0.2, 0.25) is 0 Å². The molecule has 2 heterocycles. The van der Waals surface area contributed by atoms with Crippen molar-refractivity contribution in [2.24, 2.45) is 0 Å². The van der Waals surface area contributed by atoms with Crippen molar-refractivity contribution in [1.82, 2.24) is 10.3 Å². The summed E-state index contributed by atoms with van der Waals surface area (Å²) in [4.78, 5) is 31.3. The first kappa shape index (κ1) is 18.1. The first-order valence-corrected chi connectivity index (χ1v) is 8.77. The molecule has 1 unspecified atom stereocenters. The molecule has 2 amide bonds. The number of ether oxygens (including phenoxy) is 1. The summed E-state index contributed by atoms with van der Waals surface area (Å²) in [7, 11) is 1.62. The lowest BCUT2D eigenvalue weighted by Crippen LogP contribution is -2.36. The maximum atomic E-state index is 13.0. The number of fused-ring (bicyclic) bond motifs is 1. The smallest absolute Gasteiger partial charge is 0.277 e. The van der Waals surface area contributed by atoms with Gasteiger partial charge in [-0.15, -0.1) is 0 Å². The van der Waals surface area contributed by atoms with Crippen LogP contribution in [-0.4, -0.2) is 43.1 Å². The molecule has 2 aromatic rings. The van der Waals surface area contributed by atoms with Crippen LogP contribution in [0.3, 0.4) is 0 Å². The van der Waals surface area contributed by atoms with E-state index in [1.165, 1.54) is 0 Å². The molecule has 1 aliphatic heterocycles. The molecule has 0 saturated carbocycles. The van der Waals surface area contributed by atoms with Crippen LogP contribution in [0.15, 0.2) is 42.5 Å². The largest absolute Gasteiger partial charge is 0.385 e. The number of anilines is 1. The van der Waals surface area contributed by atoms with Crippen LogP contribution in [0.1, 0.15) is 39.9 Å². The van der Waals surface area contributed by atoms with Crippen LogP contribution >= 0.6 is 0 Å². The fourth-order valence-electron chi connectivity index (χ4n) is 3.19. The first-order valence-electron chi connectivity index (χ1n) is 8.77. The van der Waals surface area contributed by atoms with Gasteiger partial charge in [0.25, 0.3) is 11.8 Å². The number of para-hydroxylation sites is 1. The average molecular weight is 353 g/mol. The Balaban J connectivity index is 1.76. The zero-order valence-electron chi connectivity index (χ0n) is 15.1. The second-order valence-electron chi connectivity index (χ2n) is 6.37. The van der Waals surface area contributed by atoms with Crippen molar-refractivity contribution >= 4 is 17.5 Å². The second-order valence-corrected chi connectivity index (χ2v) is 6.37. The molecule has 6 heteroatoms. The monoisotopic (exact) mass is 353 g/mol. The van der Waals surface area contributed by atoms with Crippen molar-refractivity contribution in [2.75, 3.05) is 25.2 Å². The van der Waals surface area contributed by atoms with E-state index in [9.17, 15) is 9.59 Å². The number of carbonyl (C=O) groups excluding carboxylic acids is 2. The summed E-state index contributed by atoms with van der Waals surface area (Å²) in [5.41, 5.74) is 2.59. The standard InChI is InChI=1S/C20H23N3O3/c1-14-13-15-7-3-4-10-18(15)23(14)20(25)17-9-5-8-16(22-17)19(24)21-11-6-12-26-2/h3-5,7-10,14H,6,11-13H2,1-2H3,(H,21,24). The molecule has 1 aliphatic rings. The molecule has 1 atom stereocenters. The molecule has 0 fully saturated rings. The average Bonchev–Trinajstić information content (AvgIpc) is 3.00. The molecule has 1 N–H and O–H groups in total. The number of methoxy groups -OCH3 is 1. The number of hydrogen-bond acceptors (Lipinski definition) is 4. The van der Waals surface area contributed by atoms with Gasteiger partial charge in [0.1, 0.15) is 11.4 Å². The van der Waals surface area contributed by atoms with E-state index in [0.717, 1.165) is 24.1 Å². The summed E-state index contributed by atoms with van der Waals surface area (Å²) < 4.78 is 4.96. The zero-order valence-corrected chi connectivity index (χ0v) is 15.1. The Morgan fingerprint density at radius 1 is 1.19 bits per heavy atom. The molecule has 0 saturated heterocycles. The topological polar surface area (TPSA) is 71.5 Å². The maximum Gasteiger partial charge on any atom is 0.277 e. The zero-order chi connectivity index (χ0) is 18.5. The Bertz CT molecular complexity index is 806. The third-order valence-corrected chi connectivity index (χ3v) is 4.44. The fourth-order valence-corrected chi connectivity index (χ4v) is 3.19. The van der Waals surface area contributed by atoms with Crippen molar-refractivity contribution in [2.45, 2.75) is 25.8 Å². The molecule has 0 spiro atoms. The number of hydrogen-bond donors (Lipinski definition) is 1. The van der Waals surface area contributed by atoms with Crippen molar-refractivity contribution in [3.63, 3.8) is 0 Å². The summed E-state index contributed by atoms with van der Waals surface area (Å²) in [5, 5.41) is 2.79. The van der Waals surface area contributed by atoms with Crippen LogP contribution in [-0.2, 0) is 11.2 Å². The highest BCUT2D eigenvalue weighted by Gasteiger charge is 2.32. The summed E-state index contributed by atoms with van der Waals surface area (Å²) in [6, 6.07) is 12.9. The lowest BCUT2D eigenvalue weighted by Gasteiger charge is -2.22. The highest BCUT2D eigenvalue weighted by Crippen LogP contribution is 2.32. The predicted molar refractivity (Wildman–Crippen MR) is 99.5 cm³/mol. The van der Waals surface area contributed by atoms with Gasteiger partial charge in [-0.05, 0) is 43.5 Å². The molecular formula is C20H23N3O3. The van der Waals surface area contributed by atoms with Gasteiger partial charge in [0, 0.05) is 32.0 Å². The minimum Gasteiger partial charge on any atom is -0.385 e. The van der Waals surface area contributed by atoms with Gasteiger partial charge in [-0.1, -0.05) is 24.3 Å². The van der Waals surface area contributed by atoms with Gasteiger partial charge in [-0.25, -0.2) is 4.98 Å². The Hall–Kier alpha value is -2.73. The molecule has 136 valence electrons. The molecule has 1 aromatic carbocycles. The number of amides is 2. The lowest BCUT2D eigenvalue weighted by atomic mass is 10.1. The van der Waals surface area contributed by atoms with E-state index in [-0.39, 0.29) is 29.2 Å². The Morgan fingerprint density at radius 3 is 2.77 bits per heavy atom. The van der Waals surface area contributed by atoms with Crippen molar-refractivity contribution in [3.05, 3.63) is 59.4 Å². The van der Waals surface area contributed by atoms with E-state index in [0.29, 0.717) is 13.2 Å². The summed E-state index contributed by atoms with van der Waals surface area (Å²) in [5.74, 6) is -0.470. The highest BCUT2D eigenvalue weighted by atomic mass is 16.5. The van der Waals surface area contributed by atoms with Crippen molar-refractivity contribution in [1.29, 1.82) is 0 Å². The summed E-state index contributed by atoms with van der Waals surface area (Å²) in [6.45, 7) is 3.10. The SMILES string of the molecule is COCCCNC(=O)c1cccc(C(=O)N2c3ccccc3CC2C)n1. The number of carbonyl (C=O) groups is 2. The quantitative estimate of drug-likeness (QED) is 0.810. The molecule has 6 nitrogen and oxygen atoms in total. The number of aromatic nitrogens is 1. The van der Waals surface area contributed by atoms with Gasteiger partial charge in [-0.2, -0.15) is 0 Å². The maximum absolute atomic E-state index is 13.0. The Kier molecular flexibility index (Phi) is 5.63. The molecule has 26 heavy (non-hydrogen) atoms. The Labute approximate surface area is 153 Å². The second kappa shape index (κ2) is 8.10. The van der Waals surface area contributed by atoms with E-state index in [4.69, 9.17) is 4.74 Å². The Morgan fingerprint density at radius 2 is 1.96 bits per heavy atom. The van der Waals surface area contributed by atoms with E-state index >= 15 is 0 Å². The predicted octanol–water partition coefficient (Wildman–Crippen LogP) is 2.44. The van der Waals surface area contributed by atoms with Crippen molar-refractivity contribution in [3.8, 4) is 0 Å². The van der Waals surface area contributed by atoms with Crippen LogP contribution in [0.4, 0.5) is 5.69 Å². The van der Waals surface area contributed by atoms with E-state index in [1.807, 2.05) is 31.2 Å². The van der Waals surface area contributed by atoms with E-state index in [1.54, 1.807) is 30.2 Å². The van der Waals surface area contributed by atoms with E-state index in [2.05, 4.69) is 10.3 Å². The first-order chi connectivity index (χ1) is 12.6. The third-order valence-electron chi connectivity index (χ3n) is 4.44. The number of pyridine rings is 1. The van der Waals surface area contributed by atoms with Gasteiger partial charge >= 0.3 is 0 Å². The minimum atomic E-state index is -0.286. The molecule has 0 aliphatic carbocycles. The molecular weight excluding hydrogens is 330 g/mol. The number of rotatable bonds is 6. The number of nitrogens with one attached hydrogen (secondary N) is 1. The molecule has 1 aromatic heterocycles. The summed E-state index contributed by atoms with van der Waals surface area (Å²) >= 11 is 0. The number of benzene rings is 1. The molecule has 0 radical (unpaired) electrons. The summed E-state index contributed by atoms with van der Waals surface area (Å²) in [6.07, 6.45) is 1.55. The lowest BCUT2D eigenvalue weighted by molar-refractivity contribution is 0.0943. The highest BCUT2D eigenvalue weighted by molar-refractivity contribution is 6.07. The minimum absolute atomic E-state index is 0.0632. The van der Waals surface area contributed by atoms with Gasteiger partial charge in [-0.3, -0.25) is 9.59 Å². The van der Waals surface area contributed by atoms with Crippen LogP contribution in [0.5, 0.6) is 0 Å². The van der Waals surface area contributed by atoms with Crippen LogP contribution in [0, 0.1) is 0 Å². The van der Waals surface area contributed by atoms with Crippen LogP contribution < -0.4 is 10.2 Å². The third kappa shape index (κ3) is 3.75. The van der Waals surface area contributed by atoms with Crippen LogP contribution in [0.25, 0.3) is 0 Å². The number of nitrogens with zero attached hydrogens (tertiary/aromatic N) is 2. The normalized spacial score (nSPS) is 15.6. The van der Waals surface area contributed by atoms with Gasteiger partial charge in [0.2, 0.25) is 0 Å². The van der Waals surface area contributed by atoms with Gasteiger partial charge < -0.3 is 15.0 Å². The molecule has 0 bridgehead atoms. The van der Waals surface area contributed by atoms with Gasteiger partial charge in [0.05, 0.1) is 0 Å². The van der Waals surface area contributed by atoms with E-state index < -0.39 is 0 Å².